The van der Waals surface area contributed by atoms with Crippen molar-refractivity contribution in [2.24, 2.45) is 0 Å². The van der Waals surface area contributed by atoms with Crippen LogP contribution >= 0.6 is 0 Å². The molecule has 5 nitrogen and oxygen atoms in total. The van der Waals surface area contributed by atoms with Gasteiger partial charge < -0.3 is 5.32 Å². The van der Waals surface area contributed by atoms with Crippen LogP contribution in [0.25, 0.3) is 0 Å². The summed E-state index contributed by atoms with van der Waals surface area (Å²) in [5, 5.41) is 14.3. The lowest BCUT2D eigenvalue weighted by Gasteiger charge is -2.32. The number of rotatable bonds is 6. The highest BCUT2D eigenvalue weighted by Crippen LogP contribution is 2.35. The van der Waals surface area contributed by atoms with E-state index >= 15 is 0 Å². The normalized spacial score (nSPS) is 23.4. The molecule has 1 heterocycles. The molecule has 114 valence electrons. The maximum atomic E-state index is 10.8. The first-order chi connectivity index (χ1) is 10.1. The van der Waals surface area contributed by atoms with Crippen LogP contribution in [0.5, 0.6) is 0 Å². The van der Waals surface area contributed by atoms with Gasteiger partial charge in [0.25, 0.3) is 5.69 Å². The Kier molecular flexibility index (Phi) is 4.22. The number of benzene rings is 1. The van der Waals surface area contributed by atoms with Crippen molar-refractivity contribution in [3.63, 3.8) is 0 Å². The van der Waals surface area contributed by atoms with E-state index in [4.69, 9.17) is 0 Å². The van der Waals surface area contributed by atoms with E-state index in [0.29, 0.717) is 18.1 Å². The molecule has 1 aromatic rings. The van der Waals surface area contributed by atoms with Gasteiger partial charge in [-0.3, -0.25) is 15.0 Å². The Bertz CT molecular complexity index is 493. The van der Waals surface area contributed by atoms with E-state index in [1.54, 1.807) is 12.1 Å². The highest BCUT2D eigenvalue weighted by atomic mass is 16.6. The summed E-state index contributed by atoms with van der Waals surface area (Å²) in [6, 6.07) is 8.65. The molecule has 2 fully saturated rings. The van der Waals surface area contributed by atoms with Crippen molar-refractivity contribution in [3.8, 4) is 0 Å². The minimum absolute atomic E-state index is 0.168. The quantitative estimate of drug-likeness (QED) is 0.646. The van der Waals surface area contributed by atoms with Crippen LogP contribution < -0.4 is 5.32 Å². The van der Waals surface area contributed by atoms with Crippen molar-refractivity contribution in [2.75, 3.05) is 13.1 Å². The van der Waals surface area contributed by atoms with Crippen LogP contribution in [0, 0.1) is 10.1 Å². The third-order valence-electron chi connectivity index (χ3n) is 4.69. The van der Waals surface area contributed by atoms with Crippen LogP contribution in [0.2, 0.25) is 0 Å². The summed E-state index contributed by atoms with van der Waals surface area (Å²) in [6.45, 7) is 4.44. The second-order valence-electron chi connectivity index (χ2n) is 6.25. The molecule has 3 rings (SSSR count). The van der Waals surface area contributed by atoms with Crippen molar-refractivity contribution in [2.45, 2.75) is 50.7 Å². The summed E-state index contributed by atoms with van der Waals surface area (Å²) in [4.78, 5) is 13.0. The number of non-ortho nitro benzene ring substituents is 1. The van der Waals surface area contributed by atoms with Gasteiger partial charge in [0.05, 0.1) is 4.92 Å². The first kappa shape index (κ1) is 14.5. The first-order valence-corrected chi connectivity index (χ1v) is 7.88. The molecule has 1 saturated heterocycles. The number of nitrogens with zero attached hydrogens (tertiary/aromatic N) is 2. The van der Waals surface area contributed by atoms with Crippen molar-refractivity contribution < 1.29 is 4.92 Å². The molecule has 5 heteroatoms. The predicted molar refractivity (Wildman–Crippen MR) is 82.3 cm³/mol. The van der Waals surface area contributed by atoms with E-state index in [1.165, 1.54) is 31.2 Å². The van der Waals surface area contributed by atoms with Gasteiger partial charge in [-0.15, -0.1) is 0 Å². The van der Waals surface area contributed by atoms with Gasteiger partial charge in [0.2, 0.25) is 0 Å². The van der Waals surface area contributed by atoms with Gasteiger partial charge in [-0.2, -0.15) is 0 Å². The van der Waals surface area contributed by atoms with Gasteiger partial charge in [-0.1, -0.05) is 12.1 Å². The molecule has 2 unspecified atom stereocenters. The van der Waals surface area contributed by atoms with Gasteiger partial charge in [-0.25, -0.2) is 0 Å². The molecule has 0 amide bonds. The number of nitro benzene ring substituents is 1. The molecule has 1 aromatic carbocycles. The van der Waals surface area contributed by atoms with Crippen LogP contribution in [0.4, 0.5) is 5.69 Å². The molecular formula is C16H23N3O2. The predicted octanol–water partition coefficient (Wildman–Crippen LogP) is 2.87. The smallest absolute Gasteiger partial charge is 0.269 e. The minimum Gasteiger partial charge on any atom is -0.313 e. The number of nitrogens with one attached hydrogen (secondary N) is 1. The molecule has 1 saturated carbocycles. The van der Waals surface area contributed by atoms with E-state index < -0.39 is 0 Å². The Morgan fingerprint density at radius 3 is 2.57 bits per heavy atom. The van der Waals surface area contributed by atoms with Gasteiger partial charge in [-0.05, 0) is 44.7 Å². The fourth-order valence-corrected chi connectivity index (χ4v) is 3.26. The summed E-state index contributed by atoms with van der Waals surface area (Å²) in [6.07, 6.45) is 5.10. The van der Waals surface area contributed by atoms with Gasteiger partial charge in [0.15, 0.2) is 0 Å². The Balaban J connectivity index is 1.70. The molecule has 0 aromatic heterocycles. The topological polar surface area (TPSA) is 58.4 Å². The molecule has 21 heavy (non-hydrogen) atoms. The maximum absolute atomic E-state index is 10.8. The second-order valence-corrected chi connectivity index (χ2v) is 6.25. The fourth-order valence-electron chi connectivity index (χ4n) is 3.26. The lowest BCUT2D eigenvalue weighted by Crippen LogP contribution is -2.40. The average molecular weight is 289 g/mol. The highest BCUT2D eigenvalue weighted by molar-refractivity contribution is 5.34. The van der Waals surface area contributed by atoms with Gasteiger partial charge in [0, 0.05) is 36.8 Å². The second kappa shape index (κ2) is 6.12. The van der Waals surface area contributed by atoms with Crippen LogP contribution in [-0.2, 0) is 0 Å². The van der Waals surface area contributed by atoms with Crippen LogP contribution in [0.1, 0.15) is 44.2 Å². The Hall–Kier alpha value is -1.46. The maximum Gasteiger partial charge on any atom is 0.269 e. The Labute approximate surface area is 125 Å². The van der Waals surface area contributed by atoms with Crippen LogP contribution in [0.15, 0.2) is 24.3 Å². The number of hydrogen-bond donors (Lipinski definition) is 1. The molecule has 0 radical (unpaired) electrons. The molecule has 2 atom stereocenters. The van der Waals surface area contributed by atoms with Crippen LogP contribution in [0.3, 0.4) is 0 Å². The van der Waals surface area contributed by atoms with E-state index in [1.807, 2.05) is 12.1 Å². The van der Waals surface area contributed by atoms with Crippen molar-refractivity contribution >= 4 is 5.69 Å². The van der Waals surface area contributed by atoms with Gasteiger partial charge >= 0.3 is 0 Å². The first-order valence-electron chi connectivity index (χ1n) is 7.88. The summed E-state index contributed by atoms with van der Waals surface area (Å²) in [5.41, 5.74) is 1.34. The molecule has 0 bridgehead atoms. The molecular weight excluding hydrogens is 266 g/mol. The zero-order chi connectivity index (χ0) is 14.8. The largest absolute Gasteiger partial charge is 0.313 e. The van der Waals surface area contributed by atoms with E-state index in [9.17, 15) is 10.1 Å². The number of nitro groups is 1. The molecule has 1 aliphatic heterocycles. The monoisotopic (exact) mass is 289 g/mol. The lowest BCUT2D eigenvalue weighted by atomic mass is 10.0. The van der Waals surface area contributed by atoms with Crippen molar-refractivity contribution in [1.29, 1.82) is 0 Å². The molecule has 2 aliphatic rings. The lowest BCUT2D eigenvalue weighted by molar-refractivity contribution is -0.384. The highest BCUT2D eigenvalue weighted by Gasteiger charge is 2.34. The molecule has 0 spiro atoms. The van der Waals surface area contributed by atoms with Crippen LogP contribution in [-0.4, -0.2) is 35.0 Å². The standard InChI is InChI=1S/C16H23N3O2/c1-12(13-4-6-16(7-5-13)19(20)21)18(15-8-9-15)11-14-3-2-10-17-14/h4-7,12,14-15,17H,2-3,8-11H2,1H3. The third-order valence-corrected chi connectivity index (χ3v) is 4.69. The zero-order valence-electron chi connectivity index (χ0n) is 12.5. The Morgan fingerprint density at radius 1 is 1.33 bits per heavy atom. The van der Waals surface area contributed by atoms with Crippen molar-refractivity contribution in [1.82, 2.24) is 10.2 Å². The third kappa shape index (κ3) is 3.41. The number of hydrogen-bond acceptors (Lipinski definition) is 4. The zero-order valence-corrected chi connectivity index (χ0v) is 12.5. The Morgan fingerprint density at radius 2 is 2.05 bits per heavy atom. The molecule has 1 aliphatic carbocycles. The summed E-state index contributed by atoms with van der Waals surface area (Å²) >= 11 is 0. The van der Waals surface area contributed by atoms with E-state index in [2.05, 4.69) is 17.1 Å². The average Bonchev–Trinajstić information content (AvgIpc) is 3.20. The van der Waals surface area contributed by atoms with E-state index in [0.717, 1.165) is 13.1 Å². The summed E-state index contributed by atoms with van der Waals surface area (Å²) in [7, 11) is 0. The molecule has 1 N–H and O–H groups in total. The summed E-state index contributed by atoms with van der Waals surface area (Å²) < 4.78 is 0. The summed E-state index contributed by atoms with van der Waals surface area (Å²) in [5.74, 6) is 0. The minimum atomic E-state index is -0.338. The van der Waals surface area contributed by atoms with Crippen molar-refractivity contribution in [3.05, 3.63) is 39.9 Å². The SMILES string of the molecule is CC(c1ccc([N+](=O)[O-])cc1)N(CC1CCCN1)C1CC1. The van der Waals surface area contributed by atoms with Gasteiger partial charge in [0.1, 0.15) is 0 Å². The fraction of sp³-hybridized carbons (Fsp3) is 0.625. The van der Waals surface area contributed by atoms with E-state index in [-0.39, 0.29) is 10.6 Å².